The zero-order valence-corrected chi connectivity index (χ0v) is 12.3. The van der Waals surface area contributed by atoms with Gasteiger partial charge in [-0.25, -0.2) is 0 Å². The molecule has 0 aliphatic heterocycles. The maximum Gasteiger partial charge on any atom is 0.390 e. The molecule has 0 saturated heterocycles. The predicted molar refractivity (Wildman–Crippen MR) is 70.7 cm³/mol. The molecule has 0 spiro atoms. The topological polar surface area (TPSA) is 35.5 Å². The summed E-state index contributed by atoms with van der Waals surface area (Å²) in [5.74, 6) is 0. The van der Waals surface area contributed by atoms with E-state index in [0.29, 0.717) is 5.56 Å². The Morgan fingerprint density at radius 2 is 1.60 bits per heavy atom. The van der Waals surface area contributed by atoms with Gasteiger partial charge in [-0.3, -0.25) is 4.57 Å². The Kier molecular flexibility index (Phi) is 6.24. The minimum absolute atomic E-state index is 0.0263. The smallest absolute Gasteiger partial charge is 0.308 e. The van der Waals surface area contributed by atoms with Crippen molar-refractivity contribution in [2.45, 2.75) is 32.1 Å². The van der Waals surface area contributed by atoms with Gasteiger partial charge in [0, 0.05) is 0 Å². The van der Waals surface area contributed by atoms with E-state index in [4.69, 9.17) is 9.05 Å². The van der Waals surface area contributed by atoms with Crippen LogP contribution in [-0.4, -0.2) is 19.4 Å². The molecule has 114 valence electrons. The second-order valence-electron chi connectivity index (χ2n) is 4.12. The van der Waals surface area contributed by atoms with E-state index >= 15 is 0 Å². The number of hydrogen-bond acceptors (Lipinski definition) is 3. The van der Waals surface area contributed by atoms with Gasteiger partial charge in [0.15, 0.2) is 0 Å². The van der Waals surface area contributed by atoms with Crippen LogP contribution < -0.4 is 0 Å². The molecule has 3 nitrogen and oxygen atoms in total. The van der Waals surface area contributed by atoms with E-state index in [9.17, 15) is 17.7 Å². The summed E-state index contributed by atoms with van der Waals surface area (Å²) in [6, 6.07) is 7.88. The lowest BCUT2D eigenvalue weighted by Crippen LogP contribution is -2.16. The fourth-order valence-corrected chi connectivity index (χ4v) is 4.01. The van der Waals surface area contributed by atoms with Gasteiger partial charge in [0.1, 0.15) is 0 Å². The third kappa shape index (κ3) is 4.93. The summed E-state index contributed by atoms with van der Waals surface area (Å²) in [7, 11) is -3.87. The SMILES string of the molecule is CCOP(=O)(OCC)C(CC(F)(F)F)c1ccccc1. The molecule has 0 radical (unpaired) electrons. The number of hydrogen-bond donors (Lipinski definition) is 0. The van der Waals surface area contributed by atoms with E-state index in [1.807, 2.05) is 0 Å². The Morgan fingerprint density at radius 3 is 2.00 bits per heavy atom. The molecule has 1 unspecified atom stereocenters. The largest absolute Gasteiger partial charge is 0.390 e. The molecular weight excluding hydrogens is 292 g/mol. The minimum atomic E-state index is -4.45. The molecule has 0 heterocycles. The van der Waals surface area contributed by atoms with E-state index in [1.54, 1.807) is 32.0 Å². The molecule has 7 heteroatoms. The average molecular weight is 310 g/mol. The van der Waals surface area contributed by atoms with E-state index in [2.05, 4.69) is 0 Å². The van der Waals surface area contributed by atoms with Crippen LogP contribution in [0.2, 0.25) is 0 Å². The van der Waals surface area contributed by atoms with Crippen LogP contribution in [-0.2, 0) is 13.6 Å². The third-order valence-electron chi connectivity index (χ3n) is 2.61. The maximum absolute atomic E-state index is 12.8. The van der Waals surface area contributed by atoms with Crippen LogP contribution in [0.3, 0.4) is 0 Å². The summed E-state index contributed by atoms with van der Waals surface area (Å²) in [5, 5.41) is 0. The van der Waals surface area contributed by atoms with Gasteiger partial charge in [0.2, 0.25) is 0 Å². The number of rotatable bonds is 7. The van der Waals surface area contributed by atoms with Crippen molar-refractivity contribution in [1.29, 1.82) is 0 Å². The van der Waals surface area contributed by atoms with Gasteiger partial charge >= 0.3 is 13.8 Å². The molecule has 0 aliphatic carbocycles. The fourth-order valence-electron chi connectivity index (χ4n) is 1.88. The quantitative estimate of drug-likeness (QED) is 0.669. The van der Waals surface area contributed by atoms with Crippen molar-refractivity contribution in [2.75, 3.05) is 13.2 Å². The van der Waals surface area contributed by atoms with Crippen molar-refractivity contribution >= 4 is 7.60 Å². The maximum atomic E-state index is 12.8. The Balaban J connectivity index is 3.18. The zero-order valence-electron chi connectivity index (χ0n) is 11.4. The van der Waals surface area contributed by atoms with Gasteiger partial charge in [-0.1, -0.05) is 30.3 Å². The highest BCUT2D eigenvalue weighted by molar-refractivity contribution is 7.54. The molecule has 0 aromatic heterocycles. The van der Waals surface area contributed by atoms with Crippen LogP contribution in [0.5, 0.6) is 0 Å². The average Bonchev–Trinajstić information content (AvgIpc) is 2.36. The summed E-state index contributed by atoms with van der Waals surface area (Å²) in [5.41, 5.74) is -1.04. The summed E-state index contributed by atoms with van der Waals surface area (Å²) in [6.45, 7) is 3.19. The van der Waals surface area contributed by atoms with Gasteiger partial charge in [0.25, 0.3) is 0 Å². The van der Waals surface area contributed by atoms with Crippen molar-refractivity contribution in [3.05, 3.63) is 35.9 Å². The van der Waals surface area contributed by atoms with Crippen molar-refractivity contribution in [3.63, 3.8) is 0 Å². The Labute approximate surface area is 116 Å². The molecule has 0 aliphatic rings. The van der Waals surface area contributed by atoms with Crippen LogP contribution in [0.4, 0.5) is 13.2 Å². The number of benzene rings is 1. The summed E-state index contributed by atoms with van der Waals surface area (Å²) < 4.78 is 61.1. The molecule has 0 N–H and O–H groups in total. The summed E-state index contributed by atoms with van der Waals surface area (Å²) in [4.78, 5) is 0. The highest BCUT2D eigenvalue weighted by atomic mass is 31.2. The fraction of sp³-hybridized carbons (Fsp3) is 0.538. The number of alkyl halides is 3. The van der Waals surface area contributed by atoms with Crippen molar-refractivity contribution in [2.24, 2.45) is 0 Å². The van der Waals surface area contributed by atoms with E-state index < -0.39 is 25.9 Å². The van der Waals surface area contributed by atoms with Crippen LogP contribution in [0, 0.1) is 0 Å². The first-order valence-corrected chi connectivity index (χ1v) is 7.94. The van der Waals surface area contributed by atoms with Crippen LogP contribution in [0.1, 0.15) is 31.5 Å². The molecule has 1 atom stereocenters. The Bertz CT molecular complexity index is 438. The standard InChI is InChI=1S/C13H18F3O3P/c1-3-18-20(17,19-4-2)12(10-13(14,15)16)11-8-6-5-7-9-11/h5-9,12H,3-4,10H2,1-2H3. The lowest BCUT2D eigenvalue weighted by atomic mass is 10.1. The molecule has 0 bridgehead atoms. The Hall–Kier alpha value is -0.840. The van der Waals surface area contributed by atoms with Gasteiger partial charge in [-0.2, -0.15) is 13.2 Å². The van der Waals surface area contributed by atoms with E-state index in [-0.39, 0.29) is 13.2 Å². The van der Waals surface area contributed by atoms with Crippen LogP contribution in [0.15, 0.2) is 30.3 Å². The van der Waals surface area contributed by atoms with Gasteiger partial charge in [-0.05, 0) is 19.4 Å². The van der Waals surface area contributed by atoms with Crippen LogP contribution in [0.25, 0.3) is 0 Å². The third-order valence-corrected chi connectivity index (χ3v) is 5.09. The molecule has 0 amide bonds. The lowest BCUT2D eigenvalue weighted by molar-refractivity contribution is -0.136. The monoisotopic (exact) mass is 310 g/mol. The predicted octanol–water partition coefficient (Wildman–Crippen LogP) is 4.95. The summed E-state index contributed by atoms with van der Waals surface area (Å²) in [6.07, 6.45) is -5.70. The Morgan fingerprint density at radius 1 is 1.10 bits per heavy atom. The second-order valence-corrected chi connectivity index (χ2v) is 6.34. The van der Waals surface area contributed by atoms with E-state index in [1.165, 1.54) is 12.1 Å². The normalized spacial score (nSPS) is 14.2. The van der Waals surface area contributed by atoms with Crippen molar-refractivity contribution < 1.29 is 26.8 Å². The zero-order chi connectivity index (χ0) is 15.2. The minimum Gasteiger partial charge on any atom is -0.308 e. The number of halogens is 3. The first kappa shape index (κ1) is 17.2. The molecule has 1 aromatic rings. The summed E-state index contributed by atoms with van der Waals surface area (Å²) >= 11 is 0. The highest BCUT2D eigenvalue weighted by Crippen LogP contribution is 2.63. The van der Waals surface area contributed by atoms with Gasteiger partial charge in [-0.15, -0.1) is 0 Å². The molecule has 0 saturated carbocycles. The molecular formula is C13H18F3O3P. The van der Waals surface area contributed by atoms with Crippen LogP contribution >= 0.6 is 7.60 Å². The molecule has 1 rings (SSSR count). The lowest BCUT2D eigenvalue weighted by Gasteiger charge is -2.27. The van der Waals surface area contributed by atoms with Gasteiger partial charge in [0.05, 0.1) is 25.3 Å². The first-order chi connectivity index (χ1) is 9.32. The highest BCUT2D eigenvalue weighted by Gasteiger charge is 2.44. The van der Waals surface area contributed by atoms with E-state index in [0.717, 1.165) is 0 Å². The first-order valence-electron chi connectivity index (χ1n) is 6.33. The van der Waals surface area contributed by atoms with Gasteiger partial charge < -0.3 is 9.05 Å². The molecule has 1 aromatic carbocycles. The molecule has 20 heavy (non-hydrogen) atoms. The second kappa shape index (κ2) is 7.25. The molecule has 0 fully saturated rings. The van der Waals surface area contributed by atoms with Crippen molar-refractivity contribution in [3.8, 4) is 0 Å². The van der Waals surface area contributed by atoms with Crippen molar-refractivity contribution in [1.82, 2.24) is 0 Å².